The second kappa shape index (κ2) is 9.40. The standard InChI is InChI=1S/C18H21ClN2O4.ClH/c1-21(10-11-5-6-12(23-2)7-16(11)24-3)18(22)13-8-14(19)15(20)9-17(13)25-4;/h5-9H,10,20H2,1-4H3;1H. The van der Waals surface area contributed by atoms with Crippen molar-refractivity contribution in [1.29, 1.82) is 0 Å². The largest absolute Gasteiger partial charge is 0.497 e. The Morgan fingerprint density at radius 3 is 2.31 bits per heavy atom. The number of ether oxygens (including phenoxy) is 3. The molecule has 0 aliphatic rings. The second-order valence-corrected chi connectivity index (χ2v) is 5.82. The Bertz CT molecular complexity index is 784. The van der Waals surface area contributed by atoms with Crippen LogP contribution in [0.3, 0.4) is 0 Å². The third-order valence-corrected chi connectivity index (χ3v) is 4.12. The number of methoxy groups -OCH3 is 3. The first-order valence-corrected chi connectivity index (χ1v) is 7.88. The van der Waals surface area contributed by atoms with Crippen LogP contribution < -0.4 is 19.9 Å². The van der Waals surface area contributed by atoms with E-state index in [2.05, 4.69) is 0 Å². The van der Waals surface area contributed by atoms with Crippen molar-refractivity contribution in [2.75, 3.05) is 34.1 Å². The molecule has 0 spiro atoms. The lowest BCUT2D eigenvalue weighted by Crippen LogP contribution is -2.27. The number of hydrogen-bond donors (Lipinski definition) is 1. The van der Waals surface area contributed by atoms with Gasteiger partial charge in [-0.1, -0.05) is 11.6 Å². The molecule has 142 valence electrons. The quantitative estimate of drug-likeness (QED) is 0.749. The number of halogens is 2. The highest BCUT2D eigenvalue weighted by Gasteiger charge is 2.20. The van der Waals surface area contributed by atoms with Gasteiger partial charge in [0.05, 0.1) is 37.6 Å². The molecule has 2 N–H and O–H groups in total. The maximum absolute atomic E-state index is 12.8. The molecule has 0 radical (unpaired) electrons. The molecular formula is C18H22Cl2N2O4. The predicted octanol–water partition coefficient (Wildman–Crippen LogP) is 3.64. The molecule has 0 heterocycles. The van der Waals surface area contributed by atoms with Crippen molar-refractivity contribution in [2.45, 2.75) is 6.54 Å². The zero-order valence-corrected chi connectivity index (χ0v) is 16.6. The summed E-state index contributed by atoms with van der Waals surface area (Å²) < 4.78 is 15.8. The summed E-state index contributed by atoms with van der Waals surface area (Å²) in [5.41, 5.74) is 7.31. The van der Waals surface area contributed by atoms with E-state index >= 15 is 0 Å². The Hall–Kier alpha value is -2.31. The molecule has 8 heteroatoms. The van der Waals surface area contributed by atoms with Gasteiger partial charge in [0.1, 0.15) is 17.2 Å². The highest BCUT2D eigenvalue weighted by molar-refractivity contribution is 6.33. The third-order valence-electron chi connectivity index (χ3n) is 3.80. The van der Waals surface area contributed by atoms with E-state index in [9.17, 15) is 4.79 Å². The van der Waals surface area contributed by atoms with Crippen LogP contribution in [0.4, 0.5) is 5.69 Å². The summed E-state index contributed by atoms with van der Waals surface area (Å²) in [5.74, 6) is 1.46. The van der Waals surface area contributed by atoms with Crippen molar-refractivity contribution in [3.8, 4) is 17.2 Å². The number of benzene rings is 2. The van der Waals surface area contributed by atoms with Crippen molar-refractivity contribution < 1.29 is 19.0 Å². The van der Waals surface area contributed by atoms with E-state index in [1.807, 2.05) is 12.1 Å². The summed E-state index contributed by atoms with van der Waals surface area (Å²) in [6, 6.07) is 8.50. The molecule has 26 heavy (non-hydrogen) atoms. The minimum Gasteiger partial charge on any atom is -0.497 e. The average molecular weight is 401 g/mol. The van der Waals surface area contributed by atoms with Gasteiger partial charge < -0.3 is 24.8 Å². The van der Waals surface area contributed by atoms with Crippen molar-refractivity contribution in [3.05, 3.63) is 46.5 Å². The topological polar surface area (TPSA) is 74.0 Å². The predicted molar refractivity (Wildman–Crippen MR) is 105 cm³/mol. The van der Waals surface area contributed by atoms with Crippen LogP contribution in [0.5, 0.6) is 17.2 Å². The molecule has 6 nitrogen and oxygen atoms in total. The second-order valence-electron chi connectivity index (χ2n) is 5.41. The van der Waals surface area contributed by atoms with E-state index in [1.54, 1.807) is 32.2 Å². The van der Waals surface area contributed by atoms with E-state index < -0.39 is 0 Å². The molecule has 2 rings (SSSR count). The molecular weight excluding hydrogens is 379 g/mol. The van der Waals surface area contributed by atoms with E-state index in [1.165, 1.54) is 19.2 Å². The van der Waals surface area contributed by atoms with E-state index in [0.717, 1.165) is 5.56 Å². The Kier molecular flexibility index (Phi) is 7.86. The first-order valence-electron chi connectivity index (χ1n) is 7.50. The average Bonchev–Trinajstić information content (AvgIpc) is 2.63. The summed E-state index contributed by atoms with van der Waals surface area (Å²) in [6.45, 7) is 0.344. The minimum absolute atomic E-state index is 0. The fourth-order valence-corrected chi connectivity index (χ4v) is 2.58. The summed E-state index contributed by atoms with van der Waals surface area (Å²) in [5, 5.41) is 0.305. The molecule has 0 aromatic heterocycles. The molecule has 0 unspecified atom stereocenters. The van der Waals surface area contributed by atoms with Gasteiger partial charge >= 0.3 is 0 Å². The van der Waals surface area contributed by atoms with E-state index in [4.69, 9.17) is 31.5 Å². The van der Waals surface area contributed by atoms with E-state index in [0.29, 0.717) is 40.1 Å². The molecule has 2 aromatic rings. The molecule has 0 saturated heterocycles. The highest BCUT2D eigenvalue weighted by atomic mass is 35.5. The number of nitrogens with zero attached hydrogens (tertiary/aromatic N) is 1. The Labute approximate surface area is 164 Å². The molecule has 0 aliphatic heterocycles. The molecule has 0 saturated carbocycles. The van der Waals surface area contributed by atoms with Gasteiger partial charge in [-0.3, -0.25) is 4.79 Å². The Balaban J connectivity index is 0.00000338. The summed E-state index contributed by atoms with van der Waals surface area (Å²) in [4.78, 5) is 14.3. The van der Waals surface area contributed by atoms with Crippen LogP contribution in [0.2, 0.25) is 5.02 Å². The molecule has 0 fully saturated rings. The molecule has 1 amide bonds. The van der Waals surface area contributed by atoms with Crippen LogP contribution in [-0.4, -0.2) is 39.2 Å². The van der Waals surface area contributed by atoms with Crippen LogP contribution in [0.25, 0.3) is 0 Å². The zero-order chi connectivity index (χ0) is 18.6. The van der Waals surface area contributed by atoms with Gasteiger partial charge in [0.25, 0.3) is 5.91 Å². The highest BCUT2D eigenvalue weighted by Crippen LogP contribution is 2.31. The lowest BCUT2D eigenvalue weighted by molar-refractivity contribution is 0.0781. The lowest BCUT2D eigenvalue weighted by atomic mass is 10.1. The normalized spacial score (nSPS) is 9.88. The van der Waals surface area contributed by atoms with Gasteiger partial charge in [-0.05, 0) is 18.2 Å². The molecule has 0 aliphatic carbocycles. The Morgan fingerprint density at radius 1 is 1.08 bits per heavy atom. The number of carbonyl (C=O) groups excluding carboxylic acids is 1. The smallest absolute Gasteiger partial charge is 0.257 e. The first kappa shape index (κ1) is 21.7. The van der Waals surface area contributed by atoms with Crippen LogP contribution in [-0.2, 0) is 6.54 Å². The van der Waals surface area contributed by atoms with Crippen molar-refractivity contribution in [2.24, 2.45) is 0 Å². The van der Waals surface area contributed by atoms with Gasteiger partial charge in [0, 0.05) is 31.3 Å². The number of rotatable bonds is 6. The third kappa shape index (κ3) is 4.65. The first-order chi connectivity index (χ1) is 11.9. The maximum Gasteiger partial charge on any atom is 0.257 e. The zero-order valence-electron chi connectivity index (χ0n) is 15.0. The van der Waals surface area contributed by atoms with Gasteiger partial charge in [-0.2, -0.15) is 0 Å². The van der Waals surface area contributed by atoms with Gasteiger partial charge in [0.2, 0.25) is 0 Å². The lowest BCUT2D eigenvalue weighted by Gasteiger charge is -2.21. The number of nitrogens with two attached hydrogens (primary N) is 1. The van der Waals surface area contributed by atoms with Gasteiger partial charge in [-0.25, -0.2) is 0 Å². The molecule has 2 aromatic carbocycles. The monoisotopic (exact) mass is 400 g/mol. The van der Waals surface area contributed by atoms with Crippen LogP contribution in [0, 0.1) is 0 Å². The molecule has 0 atom stereocenters. The maximum atomic E-state index is 12.8. The fraction of sp³-hybridized carbons (Fsp3) is 0.278. The van der Waals surface area contributed by atoms with Crippen LogP contribution >= 0.6 is 24.0 Å². The van der Waals surface area contributed by atoms with Crippen molar-refractivity contribution >= 4 is 35.6 Å². The Morgan fingerprint density at radius 2 is 1.73 bits per heavy atom. The number of nitrogen functional groups attached to an aromatic ring is 1. The number of anilines is 1. The van der Waals surface area contributed by atoms with Crippen LogP contribution in [0.15, 0.2) is 30.3 Å². The van der Waals surface area contributed by atoms with E-state index in [-0.39, 0.29) is 18.3 Å². The SMILES string of the molecule is COc1ccc(CN(C)C(=O)c2cc(Cl)c(N)cc2OC)c(OC)c1.Cl. The van der Waals surface area contributed by atoms with Crippen molar-refractivity contribution in [1.82, 2.24) is 4.90 Å². The summed E-state index contributed by atoms with van der Waals surface area (Å²) >= 11 is 6.05. The number of carbonyl (C=O) groups is 1. The molecule has 0 bridgehead atoms. The van der Waals surface area contributed by atoms with Crippen LogP contribution in [0.1, 0.15) is 15.9 Å². The minimum atomic E-state index is -0.239. The summed E-state index contributed by atoms with van der Waals surface area (Å²) in [6.07, 6.45) is 0. The van der Waals surface area contributed by atoms with Gasteiger partial charge in [-0.15, -0.1) is 12.4 Å². The fourth-order valence-electron chi connectivity index (χ4n) is 2.42. The summed E-state index contributed by atoms with van der Waals surface area (Å²) in [7, 11) is 6.33. The van der Waals surface area contributed by atoms with Gasteiger partial charge in [0.15, 0.2) is 0 Å². The van der Waals surface area contributed by atoms with Crippen molar-refractivity contribution in [3.63, 3.8) is 0 Å². The number of hydrogen-bond acceptors (Lipinski definition) is 5. The number of amides is 1.